The maximum absolute atomic E-state index is 12.3. The van der Waals surface area contributed by atoms with Crippen molar-refractivity contribution in [3.8, 4) is 0 Å². The fourth-order valence-electron chi connectivity index (χ4n) is 3.95. The first kappa shape index (κ1) is 15.7. The number of nitrogens with one attached hydrogen (secondary N) is 1. The number of likely N-dealkylation sites (tertiary alicyclic amines) is 1. The molecule has 1 aliphatic carbocycles. The molecule has 126 valence electrons. The number of piperidine rings is 1. The largest absolute Gasteiger partial charge is 0.347 e. The molecule has 1 saturated carbocycles. The van der Waals surface area contributed by atoms with E-state index in [0.29, 0.717) is 11.1 Å². The van der Waals surface area contributed by atoms with E-state index in [2.05, 4.69) is 37.7 Å². The van der Waals surface area contributed by atoms with Gasteiger partial charge in [-0.25, -0.2) is 4.98 Å². The average molecular weight is 342 g/mol. The van der Waals surface area contributed by atoms with Gasteiger partial charge in [-0.1, -0.05) is 6.07 Å². The predicted molar refractivity (Wildman–Crippen MR) is 93.8 cm³/mol. The van der Waals surface area contributed by atoms with Gasteiger partial charge < -0.3 is 5.32 Å². The number of nitrogens with zero attached hydrogens (tertiary/aromatic N) is 3. The topological polar surface area (TPSA) is 58.1 Å². The molecule has 0 bridgehead atoms. The minimum atomic E-state index is -0.0896. The Hall–Kier alpha value is -1.79. The van der Waals surface area contributed by atoms with E-state index in [1.807, 2.05) is 11.3 Å². The number of carbonyl (C=O) groups excluding carboxylic acids is 1. The molecule has 2 aliphatic rings. The van der Waals surface area contributed by atoms with Crippen molar-refractivity contribution >= 4 is 17.2 Å². The van der Waals surface area contributed by atoms with Crippen molar-refractivity contribution in [2.24, 2.45) is 5.41 Å². The van der Waals surface area contributed by atoms with E-state index < -0.39 is 0 Å². The van der Waals surface area contributed by atoms with Crippen LogP contribution in [0.4, 0.5) is 0 Å². The van der Waals surface area contributed by atoms with Gasteiger partial charge >= 0.3 is 0 Å². The van der Waals surface area contributed by atoms with Crippen LogP contribution in [-0.2, 0) is 6.54 Å². The molecule has 1 atom stereocenters. The zero-order chi connectivity index (χ0) is 16.4. The van der Waals surface area contributed by atoms with Crippen molar-refractivity contribution in [2.75, 3.05) is 13.1 Å². The highest BCUT2D eigenvalue weighted by atomic mass is 32.1. The van der Waals surface area contributed by atoms with Crippen molar-refractivity contribution in [1.29, 1.82) is 0 Å². The van der Waals surface area contributed by atoms with Crippen LogP contribution in [0.2, 0.25) is 0 Å². The molecular formula is C18H22N4OS. The zero-order valence-corrected chi connectivity index (χ0v) is 14.5. The van der Waals surface area contributed by atoms with Gasteiger partial charge in [0.25, 0.3) is 5.91 Å². The van der Waals surface area contributed by atoms with Crippen LogP contribution in [0.15, 0.2) is 36.1 Å². The maximum Gasteiger partial charge on any atom is 0.271 e. The smallest absolute Gasteiger partial charge is 0.271 e. The van der Waals surface area contributed by atoms with Crippen molar-refractivity contribution in [2.45, 2.75) is 38.3 Å². The van der Waals surface area contributed by atoms with Gasteiger partial charge in [0.2, 0.25) is 0 Å². The van der Waals surface area contributed by atoms with Crippen LogP contribution in [0.3, 0.4) is 0 Å². The molecule has 1 aliphatic heterocycles. The fraction of sp³-hybridized carbons (Fsp3) is 0.500. The number of amides is 1. The molecule has 1 saturated heterocycles. The predicted octanol–water partition coefficient (Wildman–Crippen LogP) is 2.71. The SMILES string of the molecule is O=C(NC1CCC12CCN(Cc1cccs1)CC2)c1cnccn1. The number of hydrogen-bond donors (Lipinski definition) is 1. The Morgan fingerprint density at radius 1 is 1.33 bits per heavy atom. The van der Waals surface area contributed by atoms with Gasteiger partial charge in [0.05, 0.1) is 6.20 Å². The molecule has 1 spiro atoms. The third-order valence-electron chi connectivity index (χ3n) is 5.58. The van der Waals surface area contributed by atoms with Crippen LogP contribution in [0.5, 0.6) is 0 Å². The summed E-state index contributed by atoms with van der Waals surface area (Å²) in [7, 11) is 0. The van der Waals surface area contributed by atoms with Gasteiger partial charge in [-0.05, 0) is 55.6 Å². The summed E-state index contributed by atoms with van der Waals surface area (Å²) in [6.07, 6.45) is 9.33. The van der Waals surface area contributed by atoms with E-state index in [1.165, 1.54) is 30.3 Å². The van der Waals surface area contributed by atoms with E-state index in [4.69, 9.17) is 0 Å². The standard InChI is InChI=1S/C18H22N4OS/c23-17(15-12-19-7-8-20-15)21-16-3-4-18(16)5-9-22(10-6-18)13-14-2-1-11-24-14/h1-2,7-8,11-12,16H,3-6,9-10,13H2,(H,21,23). The van der Waals surface area contributed by atoms with E-state index >= 15 is 0 Å². The number of hydrogen-bond acceptors (Lipinski definition) is 5. The van der Waals surface area contributed by atoms with E-state index in [-0.39, 0.29) is 11.9 Å². The highest BCUT2D eigenvalue weighted by molar-refractivity contribution is 7.09. The Bertz CT molecular complexity index is 680. The quantitative estimate of drug-likeness (QED) is 0.928. The van der Waals surface area contributed by atoms with Gasteiger partial charge in [-0.2, -0.15) is 0 Å². The number of aromatic nitrogens is 2. The Labute approximate surface area is 146 Å². The Balaban J connectivity index is 1.33. The first-order valence-electron chi connectivity index (χ1n) is 8.57. The second kappa shape index (κ2) is 6.61. The van der Waals surface area contributed by atoms with Crippen molar-refractivity contribution in [1.82, 2.24) is 20.2 Å². The first-order valence-corrected chi connectivity index (χ1v) is 9.45. The molecule has 1 N–H and O–H groups in total. The van der Waals surface area contributed by atoms with E-state index in [1.54, 1.807) is 12.4 Å². The molecular weight excluding hydrogens is 320 g/mol. The second-order valence-corrected chi connectivity index (χ2v) is 7.91. The highest BCUT2D eigenvalue weighted by Gasteiger charge is 2.48. The van der Waals surface area contributed by atoms with Crippen LogP contribution in [-0.4, -0.2) is 39.9 Å². The van der Waals surface area contributed by atoms with Crippen LogP contribution in [0.1, 0.15) is 41.0 Å². The van der Waals surface area contributed by atoms with Gasteiger partial charge in [0.1, 0.15) is 5.69 Å². The molecule has 24 heavy (non-hydrogen) atoms. The lowest BCUT2D eigenvalue weighted by molar-refractivity contribution is -0.00695. The summed E-state index contributed by atoms with van der Waals surface area (Å²) in [4.78, 5) is 24.4. The molecule has 3 heterocycles. The molecule has 1 amide bonds. The van der Waals surface area contributed by atoms with Crippen LogP contribution >= 0.6 is 11.3 Å². The van der Waals surface area contributed by atoms with Gasteiger partial charge in [0, 0.05) is 29.9 Å². The number of carbonyl (C=O) groups is 1. The van der Waals surface area contributed by atoms with E-state index in [0.717, 1.165) is 26.1 Å². The first-order chi connectivity index (χ1) is 11.8. The summed E-state index contributed by atoms with van der Waals surface area (Å²) < 4.78 is 0. The molecule has 0 aromatic carbocycles. The zero-order valence-electron chi connectivity index (χ0n) is 13.6. The summed E-state index contributed by atoms with van der Waals surface area (Å²) in [6.45, 7) is 3.30. The number of rotatable bonds is 4. The van der Waals surface area contributed by atoms with Crippen LogP contribution < -0.4 is 5.32 Å². The lowest BCUT2D eigenvalue weighted by Gasteiger charge is -2.54. The van der Waals surface area contributed by atoms with Crippen LogP contribution in [0.25, 0.3) is 0 Å². The normalized spacial score (nSPS) is 22.9. The third kappa shape index (κ3) is 3.08. The molecule has 1 unspecified atom stereocenters. The Kier molecular flexibility index (Phi) is 4.33. The maximum atomic E-state index is 12.3. The van der Waals surface area contributed by atoms with Gasteiger partial charge in [-0.3, -0.25) is 14.7 Å². The van der Waals surface area contributed by atoms with E-state index in [9.17, 15) is 4.79 Å². The monoisotopic (exact) mass is 342 g/mol. The highest BCUT2D eigenvalue weighted by Crippen LogP contribution is 2.49. The average Bonchev–Trinajstić information content (AvgIpc) is 3.13. The molecule has 4 rings (SSSR count). The van der Waals surface area contributed by atoms with Crippen molar-refractivity contribution in [3.05, 3.63) is 46.7 Å². The van der Waals surface area contributed by atoms with Gasteiger partial charge in [0.15, 0.2) is 0 Å². The second-order valence-electron chi connectivity index (χ2n) is 6.87. The molecule has 2 aromatic rings. The molecule has 6 heteroatoms. The van der Waals surface area contributed by atoms with Gasteiger partial charge in [-0.15, -0.1) is 11.3 Å². The fourth-order valence-corrected chi connectivity index (χ4v) is 4.69. The van der Waals surface area contributed by atoms with Crippen molar-refractivity contribution < 1.29 is 4.79 Å². The summed E-state index contributed by atoms with van der Waals surface area (Å²) in [5.41, 5.74) is 0.707. The van der Waals surface area contributed by atoms with Crippen LogP contribution in [0, 0.1) is 5.41 Å². The Morgan fingerprint density at radius 3 is 2.83 bits per heavy atom. The summed E-state index contributed by atoms with van der Waals surface area (Å²) >= 11 is 1.83. The molecule has 2 aromatic heterocycles. The Morgan fingerprint density at radius 2 is 2.21 bits per heavy atom. The molecule has 5 nitrogen and oxygen atoms in total. The lowest BCUT2D eigenvalue weighted by atomic mass is 9.59. The summed E-state index contributed by atoms with van der Waals surface area (Å²) in [5, 5.41) is 5.34. The lowest BCUT2D eigenvalue weighted by Crippen LogP contribution is -2.59. The summed E-state index contributed by atoms with van der Waals surface area (Å²) in [6, 6.07) is 4.62. The third-order valence-corrected chi connectivity index (χ3v) is 6.44. The van der Waals surface area contributed by atoms with Crippen molar-refractivity contribution in [3.63, 3.8) is 0 Å². The molecule has 2 fully saturated rings. The minimum Gasteiger partial charge on any atom is -0.347 e. The molecule has 0 radical (unpaired) electrons. The minimum absolute atomic E-state index is 0.0896. The number of thiophene rings is 1. The summed E-state index contributed by atoms with van der Waals surface area (Å²) in [5.74, 6) is -0.0896.